The summed E-state index contributed by atoms with van der Waals surface area (Å²) in [6.07, 6.45) is 5.97. The van der Waals surface area contributed by atoms with Crippen LogP contribution in [0.25, 0.3) is 0 Å². The van der Waals surface area contributed by atoms with Crippen LogP contribution < -0.4 is 5.32 Å². The van der Waals surface area contributed by atoms with Gasteiger partial charge in [-0.05, 0) is 24.3 Å². The van der Waals surface area contributed by atoms with Gasteiger partial charge in [0.05, 0.1) is 19.1 Å². The normalized spacial score (nSPS) is 25.9. The Balaban J connectivity index is 2.17. The second-order valence-corrected chi connectivity index (χ2v) is 5.62. The van der Waals surface area contributed by atoms with Crippen LogP contribution in [0.3, 0.4) is 0 Å². The van der Waals surface area contributed by atoms with Crippen LogP contribution in [-0.2, 0) is 14.3 Å². The Morgan fingerprint density at radius 2 is 1.91 bits per heavy atom. The van der Waals surface area contributed by atoms with Gasteiger partial charge < -0.3 is 10.1 Å². The molecule has 0 saturated heterocycles. The molecule has 0 aromatic heterocycles. The quantitative estimate of drug-likeness (QED) is 0.640. The Hall–Kier alpha value is -2.10. The predicted molar refractivity (Wildman–Crippen MR) is 85.1 cm³/mol. The molecule has 1 N–H and O–H groups in total. The van der Waals surface area contributed by atoms with Crippen LogP contribution in [0.2, 0.25) is 0 Å². The topological polar surface area (TPSA) is 55.4 Å². The third-order valence-corrected chi connectivity index (χ3v) is 3.79. The number of ether oxygens (including phenoxy) is 1. The fraction of sp³-hybridized carbons (Fsp3) is 0.444. The average Bonchev–Trinajstić information content (AvgIpc) is 2.53. The first-order valence-electron chi connectivity index (χ1n) is 7.83. The number of hydrogen-bond acceptors (Lipinski definition) is 3. The lowest BCUT2D eigenvalue weighted by Crippen LogP contribution is -2.31. The summed E-state index contributed by atoms with van der Waals surface area (Å²) in [6, 6.07) is 9.85. The van der Waals surface area contributed by atoms with Gasteiger partial charge in [0.25, 0.3) is 0 Å². The van der Waals surface area contributed by atoms with E-state index in [0.29, 0.717) is 19.4 Å². The van der Waals surface area contributed by atoms with Crippen molar-refractivity contribution in [3.8, 4) is 0 Å². The van der Waals surface area contributed by atoms with Crippen LogP contribution >= 0.6 is 0 Å². The highest BCUT2D eigenvalue weighted by atomic mass is 16.5. The van der Waals surface area contributed by atoms with Crippen molar-refractivity contribution in [1.29, 1.82) is 0 Å². The maximum absolute atomic E-state index is 12.1. The number of cyclic esters (lactones) is 1. The Labute approximate surface area is 131 Å². The third-order valence-electron chi connectivity index (χ3n) is 3.79. The van der Waals surface area contributed by atoms with Gasteiger partial charge in [0.1, 0.15) is 0 Å². The molecule has 0 unspecified atom stereocenters. The molecule has 1 heterocycles. The molecule has 4 heteroatoms. The van der Waals surface area contributed by atoms with E-state index in [9.17, 15) is 9.59 Å². The van der Waals surface area contributed by atoms with Gasteiger partial charge in [0, 0.05) is 6.42 Å². The molecule has 0 bridgehead atoms. The summed E-state index contributed by atoms with van der Waals surface area (Å²) >= 11 is 0. The maximum atomic E-state index is 12.1. The third kappa shape index (κ3) is 5.02. The molecule has 118 valence electrons. The van der Waals surface area contributed by atoms with Crippen molar-refractivity contribution in [2.75, 3.05) is 6.61 Å². The van der Waals surface area contributed by atoms with Gasteiger partial charge in [-0.2, -0.15) is 0 Å². The van der Waals surface area contributed by atoms with Crippen LogP contribution in [0, 0.1) is 5.92 Å². The van der Waals surface area contributed by atoms with E-state index in [-0.39, 0.29) is 30.3 Å². The Bertz CT molecular complexity index is 524. The van der Waals surface area contributed by atoms with Crippen molar-refractivity contribution in [2.24, 2.45) is 5.92 Å². The number of hydrogen-bond donors (Lipinski definition) is 1. The molecule has 0 aliphatic carbocycles. The standard InChI is InChI=1S/C18H23NO3/c1-14-8-7-12-17(21)22-13-6-5-11-16(20)19-18(14)15-9-3-2-4-10-15/h2-4,7-10,14,18H,5-6,11-13H2,1H3,(H,19,20)/b8-7-/t14-,18+/m1/s1. The summed E-state index contributed by atoms with van der Waals surface area (Å²) in [4.78, 5) is 23.7. The van der Waals surface area contributed by atoms with Crippen molar-refractivity contribution < 1.29 is 14.3 Å². The lowest BCUT2D eigenvalue weighted by atomic mass is 9.93. The van der Waals surface area contributed by atoms with Crippen LogP contribution in [0.15, 0.2) is 42.5 Å². The number of benzene rings is 1. The molecule has 1 aromatic carbocycles. The number of amides is 1. The molecule has 1 amide bonds. The Kier molecular flexibility index (Phi) is 6.19. The summed E-state index contributed by atoms with van der Waals surface area (Å²) in [5.41, 5.74) is 1.07. The van der Waals surface area contributed by atoms with E-state index in [1.807, 2.05) is 49.4 Å². The van der Waals surface area contributed by atoms with Gasteiger partial charge in [-0.15, -0.1) is 0 Å². The first-order valence-corrected chi connectivity index (χ1v) is 7.83. The molecular formula is C18H23NO3. The van der Waals surface area contributed by atoms with Crippen molar-refractivity contribution in [1.82, 2.24) is 5.32 Å². The molecule has 1 aromatic rings. The van der Waals surface area contributed by atoms with E-state index in [4.69, 9.17) is 4.74 Å². The average molecular weight is 301 g/mol. The smallest absolute Gasteiger partial charge is 0.309 e. The monoisotopic (exact) mass is 301 g/mol. The lowest BCUT2D eigenvalue weighted by Gasteiger charge is -2.23. The minimum atomic E-state index is -0.210. The van der Waals surface area contributed by atoms with Gasteiger partial charge >= 0.3 is 5.97 Å². The van der Waals surface area contributed by atoms with Crippen molar-refractivity contribution in [3.63, 3.8) is 0 Å². The molecule has 2 rings (SSSR count). The fourth-order valence-electron chi connectivity index (χ4n) is 2.55. The predicted octanol–water partition coefficient (Wildman–Crippen LogP) is 3.15. The first-order chi connectivity index (χ1) is 10.7. The minimum absolute atomic E-state index is 0.0414. The second kappa shape index (κ2) is 8.37. The number of carbonyl (C=O) groups excluding carboxylic acids is 2. The number of esters is 1. The highest BCUT2D eigenvalue weighted by molar-refractivity contribution is 5.76. The van der Waals surface area contributed by atoms with Crippen molar-refractivity contribution in [3.05, 3.63) is 48.0 Å². The molecule has 0 spiro atoms. The molecule has 1 aliphatic rings. The largest absolute Gasteiger partial charge is 0.465 e. The maximum Gasteiger partial charge on any atom is 0.309 e. The van der Waals surface area contributed by atoms with E-state index in [1.165, 1.54) is 0 Å². The van der Waals surface area contributed by atoms with Gasteiger partial charge in [-0.1, -0.05) is 49.4 Å². The van der Waals surface area contributed by atoms with E-state index < -0.39 is 0 Å². The number of rotatable bonds is 1. The van der Waals surface area contributed by atoms with Crippen LogP contribution in [0.5, 0.6) is 0 Å². The molecule has 22 heavy (non-hydrogen) atoms. The Morgan fingerprint density at radius 1 is 1.14 bits per heavy atom. The van der Waals surface area contributed by atoms with Gasteiger partial charge in [0.15, 0.2) is 0 Å². The van der Waals surface area contributed by atoms with Crippen LogP contribution in [-0.4, -0.2) is 18.5 Å². The van der Waals surface area contributed by atoms with E-state index in [2.05, 4.69) is 5.32 Å². The number of nitrogens with one attached hydrogen (secondary N) is 1. The zero-order valence-electron chi connectivity index (χ0n) is 13.0. The molecule has 4 nitrogen and oxygen atoms in total. The molecule has 2 atom stereocenters. The molecular weight excluding hydrogens is 278 g/mol. The molecule has 0 fully saturated rings. The SMILES string of the molecule is C[C@@H]1/C=C\CC(=O)OCCCCC(=O)N[C@@H]1c1ccccc1. The second-order valence-electron chi connectivity index (χ2n) is 5.62. The zero-order valence-corrected chi connectivity index (χ0v) is 13.0. The van der Waals surface area contributed by atoms with Crippen LogP contribution in [0.4, 0.5) is 0 Å². The number of carbonyl (C=O) groups is 2. The highest BCUT2D eigenvalue weighted by Crippen LogP contribution is 2.23. The summed E-state index contributed by atoms with van der Waals surface area (Å²) in [5.74, 6) is -0.0715. The summed E-state index contributed by atoms with van der Waals surface area (Å²) in [7, 11) is 0. The Morgan fingerprint density at radius 3 is 2.68 bits per heavy atom. The summed E-state index contributed by atoms with van der Waals surface area (Å²) in [6.45, 7) is 2.43. The highest BCUT2D eigenvalue weighted by Gasteiger charge is 2.19. The van der Waals surface area contributed by atoms with Gasteiger partial charge in [0.2, 0.25) is 5.91 Å². The fourth-order valence-corrected chi connectivity index (χ4v) is 2.55. The summed E-state index contributed by atoms with van der Waals surface area (Å²) < 4.78 is 5.12. The van der Waals surface area contributed by atoms with Crippen molar-refractivity contribution >= 4 is 11.9 Å². The van der Waals surface area contributed by atoms with E-state index in [1.54, 1.807) is 0 Å². The summed E-state index contributed by atoms with van der Waals surface area (Å²) in [5, 5.41) is 3.12. The van der Waals surface area contributed by atoms with Gasteiger partial charge in [-0.25, -0.2) is 0 Å². The molecule has 0 saturated carbocycles. The van der Waals surface area contributed by atoms with E-state index in [0.717, 1.165) is 12.0 Å². The van der Waals surface area contributed by atoms with Crippen LogP contribution in [0.1, 0.15) is 44.2 Å². The van der Waals surface area contributed by atoms with Gasteiger partial charge in [-0.3, -0.25) is 9.59 Å². The zero-order chi connectivity index (χ0) is 15.8. The molecule has 1 aliphatic heterocycles. The minimum Gasteiger partial charge on any atom is -0.465 e. The lowest BCUT2D eigenvalue weighted by molar-refractivity contribution is -0.142. The first kappa shape index (κ1) is 16.3. The molecule has 0 radical (unpaired) electrons. The van der Waals surface area contributed by atoms with Crippen molar-refractivity contribution in [2.45, 2.75) is 38.6 Å². The van der Waals surface area contributed by atoms with E-state index >= 15 is 0 Å².